The van der Waals surface area contributed by atoms with Crippen molar-refractivity contribution in [2.24, 2.45) is 52.5 Å². The van der Waals surface area contributed by atoms with Gasteiger partial charge in [-0.3, -0.25) is 39.1 Å². The molecule has 1 unspecified atom stereocenters. The predicted molar refractivity (Wildman–Crippen MR) is 486 cm³/mol. The van der Waals surface area contributed by atoms with Gasteiger partial charge in [-0.1, -0.05) is 241 Å². The summed E-state index contributed by atoms with van der Waals surface area (Å²) in [6, 6.07) is 28.1. The summed E-state index contributed by atoms with van der Waals surface area (Å²) in [4.78, 5) is 82.5. The van der Waals surface area contributed by atoms with E-state index in [2.05, 4.69) is 142 Å². The Morgan fingerprint density at radius 1 is 0.397 bits per heavy atom. The van der Waals surface area contributed by atoms with Crippen LogP contribution in [0.15, 0.2) is 192 Å². The molecule has 1 saturated carbocycles. The molecule has 5 aromatic carbocycles. The van der Waals surface area contributed by atoms with Crippen LogP contribution in [0.1, 0.15) is 258 Å². The van der Waals surface area contributed by atoms with Gasteiger partial charge >= 0.3 is 0 Å². The van der Waals surface area contributed by atoms with Crippen molar-refractivity contribution in [1.29, 1.82) is 0 Å². The number of phenols is 5. The van der Waals surface area contributed by atoms with E-state index in [0.29, 0.717) is 52.6 Å². The quantitative estimate of drug-likeness (QED) is 0.0305. The fourth-order valence-corrected chi connectivity index (χ4v) is 12.9. The third-order valence-corrected chi connectivity index (χ3v) is 19.2. The zero-order valence-electron chi connectivity index (χ0n) is 75.6. The molecule has 1 fully saturated rings. The number of aliphatic imine (C=N–C) groups is 4. The van der Waals surface area contributed by atoms with Gasteiger partial charge in [0.05, 0.1) is 32.7 Å². The molecule has 0 saturated heterocycles. The van der Waals surface area contributed by atoms with Crippen LogP contribution in [0.3, 0.4) is 0 Å². The van der Waals surface area contributed by atoms with E-state index in [1.807, 2.05) is 157 Å². The fourth-order valence-electron chi connectivity index (χ4n) is 12.9. The number of hydrogen-bond acceptors (Lipinski definition) is 15. The van der Waals surface area contributed by atoms with Crippen LogP contribution in [0.2, 0.25) is 0 Å². The number of Topliss-reactive ketones (excluding diaryl/α,β-unsaturated/α-hetero) is 3. The molecular formula is C97H136BCo2N4O11P. The maximum absolute atomic E-state index is 13.3. The maximum Gasteiger partial charge on any atom is 0.186 e. The Labute approximate surface area is 723 Å². The van der Waals surface area contributed by atoms with Gasteiger partial charge in [0.25, 0.3) is 0 Å². The van der Waals surface area contributed by atoms with E-state index in [9.17, 15) is 44.7 Å². The van der Waals surface area contributed by atoms with Crippen LogP contribution in [-0.4, -0.2) is 106 Å². The van der Waals surface area contributed by atoms with Crippen molar-refractivity contribution in [1.82, 2.24) is 0 Å². The first kappa shape index (κ1) is 106. The van der Waals surface area contributed by atoms with Crippen LogP contribution in [-0.2, 0) is 63.6 Å². The van der Waals surface area contributed by atoms with Gasteiger partial charge in [-0.15, -0.1) is 0 Å². The van der Waals surface area contributed by atoms with Gasteiger partial charge in [0, 0.05) is 127 Å². The molecule has 19 heteroatoms. The van der Waals surface area contributed by atoms with Gasteiger partial charge in [0.15, 0.2) is 23.1 Å². The molecule has 9 rings (SSSR count). The summed E-state index contributed by atoms with van der Waals surface area (Å²) in [5, 5.41) is 50.0. The monoisotopic (exact) mass is 1700 g/mol. The van der Waals surface area contributed by atoms with E-state index in [0.717, 1.165) is 104 Å². The molecule has 0 aliphatic heterocycles. The smallest absolute Gasteiger partial charge is 0.186 e. The van der Waals surface area contributed by atoms with Crippen molar-refractivity contribution < 1.29 is 81.2 Å². The summed E-state index contributed by atoms with van der Waals surface area (Å²) >= 11 is 0. The Bertz CT molecular complexity index is 4230. The second-order valence-electron chi connectivity index (χ2n) is 37.6. The molecule has 5 aromatic rings. The fraction of sp³-hybridized carbons (Fsp3) is 0.464. The number of para-hydroxylation sites is 3. The number of phenolic OH excluding ortho intramolecular Hbond substituents is 5. The number of allylic oxidation sites excluding steroid dienone is 14. The largest absolute Gasteiger partial charge is 0.507 e. The molecule has 0 heterocycles. The van der Waals surface area contributed by atoms with Gasteiger partial charge in [0.1, 0.15) is 28.7 Å². The molecule has 3 atom stereocenters. The molecule has 15 nitrogen and oxygen atoms in total. The van der Waals surface area contributed by atoms with Gasteiger partial charge in [-0.2, -0.15) is 9.12 Å². The Kier molecular flexibility index (Phi) is 41.6. The maximum atomic E-state index is 13.3. The molecule has 636 valence electrons. The zero-order valence-corrected chi connectivity index (χ0v) is 76.9. The first-order valence-electron chi connectivity index (χ1n) is 39.8. The standard InChI is InChI=1S/C28H40O2.C24H30N2O2.C16H16N2O2.C14H20O2.C14H22O.CH4.BH2P.2Co.O2.H2/c1-25(2,3)19-13-17(14-20(23(19)29)26(4,5)6)18-15-21(27(7,8)9)24(30)22(16-18)28(10,11)12;1-15-9-17(3)23(27)19(11-15)13-25-21-7-5-6-8-22(21)26-14-20-12-16(2)10-18(4)24(20)28;19-15-7-3-1-5-13(15)11-17-9-10-18-12-14-6-2-4-8-16(14)20;1-13(2,3)10-7-9(15)8-11(12(10)16)14(4,5)6;1-13(2,3)10-8-7-9-11(12(10)15)14(4,5)6;;1-2;;;1-2;/h13-16H,1-12H3;9-14,21-22,27-28H,5-8H2,1-4H3;1-8,11-12,19-20H,9-10H2;7-8H,1-6H3;7-9,15H,1-6H3;1H4;2H2;;;;1H/t;21-,22-;;;;;;;;;/m.1........./s1/i;;;;;;;;;;1+2D. The molecule has 0 bridgehead atoms. The number of aromatic hydroxyl groups is 5. The molecule has 4 radical (unpaired) electrons. The van der Waals surface area contributed by atoms with Crippen molar-refractivity contribution in [3.05, 3.63) is 238 Å². The Balaban J connectivity index is 0. The summed E-state index contributed by atoms with van der Waals surface area (Å²) in [7, 11) is 6.33. The zero-order chi connectivity index (χ0) is 88.5. The summed E-state index contributed by atoms with van der Waals surface area (Å²) in [5.74, 6) is 1.68. The number of nitrogens with zero attached hydrogens (tertiary/aromatic N) is 4. The van der Waals surface area contributed by atoms with Crippen LogP contribution in [0, 0.1) is 70.1 Å². The van der Waals surface area contributed by atoms with Crippen molar-refractivity contribution in [2.75, 3.05) is 13.1 Å². The summed E-state index contributed by atoms with van der Waals surface area (Å²) in [5.41, 5.74) is 13.9. The SMILES string of the molecule is C.CC(C)(C)C1=CC(=C2C=C(C(C)(C)C)C(=O)C(C(C)(C)C)=C2)C=C(C(C)(C)C)C1=O.CC(C)(C)C1=CC(=O)C=C(C(C)(C)C)C1=O.CC(C)(C)c1cccc(C(C)(C)C)c1O.Cc1cc(C)c(O)c(C=N[C@@H]2CCCC[C@H]2N=Cc2cc(C)cc(C)c2O)c1.O=O.Oc1ccccc1C=NCCN=Cc1ccccc1O.[2H][3H].[B]P.[Co].[Co]. The second-order valence-corrected chi connectivity index (χ2v) is 37.6. The summed E-state index contributed by atoms with van der Waals surface area (Å²) in [6.45, 7) is 58.4. The van der Waals surface area contributed by atoms with Gasteiger partial charge in [-0.05, 0) is 201 Å². The topological polar surface area (TPSA) is 253 Å². The third kappa shape index (κ3) is 32.2. The van der Waals surface area contributed by atoms with Gasteiger partial charge < -0.3 is 25.5 Å². The number of hydrogen-bond donors (Lipinski definition) is 5. The number of aryl methyl sites for hydroxylation is 4. The summed E-state index contributed by atoms with van der Waals surface area (Å²) in [6.07, 6.45) is 22.2. The first-order chi connectivity index (χ1) is 53.0. The Morgan fingerprint density at radius 3 is 0.922 bits per heavy atom. The van der Waals surface area contributed by atoms with E-state index >= 15 is 0 Å². The van der Waals surface area contributed by atoms with E-state index in [-0.39, 0.29) is 131 Å². The number of ketones is 4. The minimum atomic E-state index is -0.280. The van der Waals surface area contributed by atoms with Crippen LogP contribution >= 0.6 is 9.12 Å². The molecule has 5 N–H and O–H groups in total. The first-order valence-corrected chi connectivity index (χ1v) is 39.5. The molecule has 0 aromatic heterocycles. The van der Waals surface area contributed by atoms with Crippen molar-refractivity contribution >= 4 is 64.7 Å². The van der Waals surface area contributed by atoms with Crippen LogP contribution in [0.4, 0.5) is 0 Å². The third-order valence-electron chi connectivity index (χ3n) is 19.2. The number of carbonyl (C=O) groups excluding carboxylic acids is 4. The molecular weight excluding hydrogens is 1560 g/mol. The van der Waals surface area contributed by atoms with Crippen LogP contribution in [0.5, 0.6) is 28.7 Å². The van der Waals surface area contributed by atoms with E-state index in [1.165, 1.54) is 12.2 Å². The van der Waals surface area contributed by atoms with Crippen LogP contribution < -0.4 is 0 Å². The van der Waals surface area contributed by atoms with Crippen molar-refractivity contribution in [3.8, 4) is 28.7 Å². The minimum Gasteiger partial charge on any atom is -0.507 e. The second kappa shape index (κ2) is 45.6. The summed E-state index contributed by atoms with van der Waals surface area (Å²) < 4.78 is 10.0. The van der Waals surface area contributed by atoms with Crippen molar-refractivity contribution in [2.45, 2.75) is 250 Å². The predicted octanol–water partition coefficient (Wildman–Crippen LogP) is 23.1. The molecule has 0 amide bonds. The number of rotatable bonds is 9. The number of benzene rings is 5. The molecule has 116 heavy (non-hydrogen) atoms. The molecule has 0 spiro atoms. The van der Waals surface area contributed by atoms with Gasteiger partial charge in [0.2, 0.25) is 0 Å². The van der Waals surface area contributed by atoms with E-state index in [1.54, 1.807) is 61.3 Å². The Morgan fingerprint density at radius 2 is 0.664 bits per heavy atom. The Hall–Kier alpha value is -8.25. The molecule has 4 aliphatic carbocycles. The van der Waals surface area contributed by atoms with Crippen LogP contribution in [0.25, 0.3) is 0 Å². The molecule has 4 aliphatic rings. The number of carbonyl (C=O) groups is 4. The van der Waals surface area contributed by atoms with E-state index < -0.39 is 0 Å². The minimum absolute atomic E-state index is 0. The normalized spacial score (nSPS) is 16.2. The van der Waals surface area contributed by atoms with Gasteiger partial charge in [-0.25, -0.2) is 0 Å². The van der Waals surface area contributed by atoms with Crippen molar-refractivity contribution in [3.63, 3.8) is 0 Å². The average Bonchev–Trinajstić information content (AvgIpc) is 0.756. The average molecular weight is 1700 g/mol. The van der Waals surface area contributed by atoms with E-state index in [4.69, 9.17) is 22.9 Å².